The molecule has 2 nitrogen and oxygen atoms in total. The molecule has 3 heteroatoms. The van der Waals surface area contributed by atoms with E-state index >= 15 is 0 Å². The highest BCUT2D eigenvalue weighted by molar-refractivity contribution is 7.99. The number of rotatable bonds is 3. The van der Waals surface area contributed by atoms with E-state index in [0.29, 0.717) is 5.25 Å². The molecule has 1 aliphatic heterocycles. The molecule has 72 valence electrons. The molecule has 3 N–H and O–H groups in total. The first-order chi connectivity index (χ1) is 5.72. The van der Waals surface area contributed by atoms with Crippen molar-refractivity contribution in [3.63, 3.8) is 0 Å². The molecule has 1 saturated heterocycles. The maximum atomic E-state index is 8.94. The van der Waals surface area contributed by atoms with E-state index in [0.717, 1.165) is 13.0 Å². The molecule has 0 aromatic carbocycles. The Kier molecular flexibility index (Phi) is 3.87. The molecule has 0 aromatic heterocycles. The van der Waals surface area contributed by atoms with Gasteiger partial charge in [-0.1, -0.05) is 6.92 Å². The zero-order valence-electron chi connectivity index (χ0n) is 7.75. The normalized spacial score (nSPS) is 36.8. The van der Waals surface area contributed by atoms with Crippen molar-refractivity contribution >= 4 is 11.8 Å². The molecule has 1 rings (SSSR count). The van der Waals surface area contributed by atoms with Crippen LogP contribution in [-0.2, 0) is 0 Å². The quantitative estimate of drug-likeness (QED) is 0.702. The SMILES string of the molecule is CC1CC(CN)(CCO)CCS1. The lowest BCUT2D eigenvalue weighted by Crippen LogP contribution is -2.37. The van der Waals surface area contributed by atoms with E-state index in [-0.39, 0.29) is 12.0 Å². The van der Waals surface area contributed by atoms with Crippen LogP contribution < -0.4 is 5.73 Å². The smallest absolute Gasteiger partial charge is 0.0436 e. The summed E-state index contributed by atoms with van der Waals surface area (Å²) in [6.45, 7) is 3.28. The molecular weight excluding hydrogens is 170 g/mol. The van der Waals surface area contributed by atoms with E-state index in [1.54, 1.807) is 0 Å². The minimum atomic E-state index is 0.249. The van der Waals surface area contributed by atoms with Gasteiger partial charge in [-0.2, -0.15) is 11.8 Å². The van der Waals surface area contributed by atoms with Gasteiger partial charge in [-0.25, -0.2) is 0 Å². The average Bonchev–Trinajstić information content (AvgIpc) is 2.05. The van der Waals surface area contributed by atoms with Crippen molar-refractivity contribution in [3.8, 4) is 0 Å². The van der Waals surface area contributed by atoms with E-state index in [4.69, 9.17) is 10.8 Å². The third kappa shape index (κ3) is 2.38. The van der Waals surface area contributed by atoms with Crippen molar-refractivity contribution in [1.82, 2.24) is 0 Å². The highest BCUT2D eigenvalue weighted by Gasteiger charge is 2.33. The Morgan fingerprint density at radius 1 is 1.67 bits per heavy atom. The van der Waals surface area contributed by atoms with Gasteiger partial charge in [-0.15, -0.1) is 0 Å². The van der Waals surface area contributed by atoms with Gasteiger partial charge in [0.2, 0.25) is 0 Å². The molecule has 0 bridgehead atoms. The van der Waals surface area contributed by atoms with Gasteiger partial charge < -0.3 is 10.8 Å². The lowest BCUT2D eigenvalue weighted by Gasteiger charge is -2.38. The fourth-order valence-electron chi connectivity index (χ4n) is 2.00. The van der Waals surface area contributed by atoms with E-state index in [2.05, 4.69) is 6.92 Å². The Morgan fingerprint density at radius 3 is 2.92 bits per heavy atom. The van der Waals surface area contributed by atoms with Crippen LogP contribution in [0.2, 0.25) is 0 Å². The standard InChI is InChI=1S/C9H19NOS/c1-8-6-9(7-10,2-4-11)3-5-12-8/h8,11H,2-7,10H2,1H3. The molecular formula is C9H19NOS. The number of aliphatic hydroxyl groups excluding tert-OH is 1. The Labute approximate surface area is 78.9 Å². The Morgan fingerprint density at radius 2 is 2.42 bits per heavy atom. The summed E-state index contributed by atoms with van der Waals surface area (Å²) in [6.07, 6.45) is 3.24. The van der Waals surface area contributed by atoms with Crippen molar-refractivity contribution in [3.05, 3.63) is 0 Å². The monoisotopic (exact) mass is 189 g/mol. The Bertz CT molecular complexity index is 138. The van der Waals surface area contributed by atoms with Crippen LogP contribution in [0.1, 0.15) is 26.2 Å². The molecule has 0 amide bonds. The number of thioether (sulfide) groups is 1. The fourth-order valence-corrected chi connectivity index (χ4v) is 3.42. The van der Waals surface area contributed by atoms with Gasteiger partial charge in [0.05, 0.1) is 0 Å². The summed E-state index contributed by atoms with van der Waals surface area (Å²) in [5.41, 5.74) is 6.02. The van der Waals surface area contributed by atoms with Gasteiger partial charge in [0.1, 0.15) is 0 Å². The summed E-state index contributed by atoms with van der Waals surface area (Å²) in [5.74, 6) is 1.21. The van der Waals surface area contributed by atoms with Crippen LogP contribution >= 0.6 is 11.8 Å². The molecule has 0 radical (unpaired) electrons. The maximum absolute atomic E-state index is 8.94. The summed E-state index contributed by atoms with van der Waals surface area (Å²) in [4.78, 5) is 0. The van der Waals surface area contributed by atoms with Gasteiger partial charge in [0.15, 0.2) is 0 Å². The van der Waals surface area contributed by atoms with Crippen LogP contribution in [-0.4, -0.2) is 29.3 Å². The van der Waals surface area contributed by atoms with Crippen LogP contribution in [0.3, 0.4) is 0 Å². The lowest BCUT2D eigenvalue weighted by molar-refractivity contribution is 0.167. The highest BCUT2D eigenvalue weighted by Crippen LogP contribution is 2.40. The zero-order valence-corrected chi connectivity index (χ0v) is 8.57. The molecule has 2 unspecified atom stereocenters. The van der Waals surface area contributed by atoms with Crippen LogP contribution in [0.15, 0.2) is 0 Å². The first-order valence-corrected chi connectivity index (χ1v) is 5.70. The second kappa shape index (κ2) is 4.49. The molecule has 12 heavy (non-hydrogen) atoms. The summed E-state index contributed by atoms with van der Waals surface area (Å²) in [7, 11) is 0. The second-order valence-corrected chi connectivity index (χ2v) is 5.36. The first-order valence-electron chi connectivity index (χ1n) is 4.65. The molecule has 1 heterocycles. The van der Waals surface area contributed by atoms with E-state index < -0.39 is 0 Å². The maximum Gasteiger partial charge on any atom is 0.0436 e. The van der Waals surface area contributed by atoms with Crippen molar-refractivity contribution in [2.45, 2.75) is 31.4 Å². The van der Waals surface area contributed by atoms with Gasteiger partial charge in [-0.3, -0.25) is 0 Å². The van der Waals surface area contributed by atoms with Crippen molar-refractivity contribution < 1.29 is 5.11 Å². The third-order valence-electron chi connectivity index (χ3n) is 2.83. The summed E-state index contributed by atoms with van der Waals surface area (Å²) >= 11 is 2.02. The number of nitrogens with two attached hydrogens (primary N) is 1. The number of hydrogen-bond donors (Lipinski definition) is 2. The van der Waals surface area contributed by atoms with Crippen LogP contribution in [0, 0.1) is 5.41 Å². The second-order valence-electron chi connectivity index (χ2n) is 3.81. The predicted molar refractivity (Wildman–Crippen MR) is 54.3 cm³/mol. The summed E-state index contributed by atoms with van der Waals surface area (Å²) < 4.78 is 0. The minimum Gasteiger partial charge on any atom is -0.396 e. The van der Waals surface area contributed by atoms with Crippen molar-refractivity contribution in [1.29, 1.82) is 0 Å². The summed E-state index contributed by atoms with van der Waals surface area (Å²) in [5, 5.41) is 9.66. The lowest BCUT2D eigenvalue weighted by atomic mass is 9.77. The third-order valence-corrected chi connectivity index (χ3v) is 4.01. The average molecular weight is 189 g/mol. The van der Waals surface area contributed by atoms with Gasteiger partial charge in [-0.05, 0) is 37.0 Å². The van der Waals surface area contributed by atoms with Crippen LogP contribution in [0.5, 0.6) is 0 Å². The van der Waals surface area contributed by atoms with Gasteiger partial charge in [0.25, 0.3) is 0 Å². The first kappa shape index (κ1) is 10.4. The Balaban J connectivity index is 2.51. The van der Waals surface area contributed by atoms with Crippen molar-refractivity contribution in [2.24, 2.45) is 11.1 Å². The fraction of sp³-hybridized carbons (Fsp3) is 1.00. The molecule has 1 fully saturated rings. The Hall–Kier alpha value is 0.270. The zero-order chi connectivity index (χ0) is 9.03. The number of hydrogen-bond acceptors (Lipinski definition) is 3. The van der Waals surface area contributed by atoms with E-state index in [1.165, 1.54) is 18.6 Å². The predicted octanol–water partition coefficient (Wildman–Crippen LogP) is 1.23. The summed E-state index contributed by atoms with van der Waals surface area (Å²) in [6, 6.07) is 0. The largest absolute Gasteiger partial charge is 0.396 e. The highest BCUT2D eigenvalue weighted by atomic mass is 32.2. The topological polar surface area (TPSA) is 46.2 Å². The van der Waals surface area contributed by atoms with Crippen LogP contribution in [0.4, 0.5) is 0 Å². The van der Waals surface area contributed by atoms with E-state index in [1.807, 2.05) is 11.8 Å². The molecule has 0 spiro atoms. The molecule has 0 saturated carbocycles. The van der Waals surface area contributed by atoms with Gasteiger partial charge >= 0.3 is 0 Å². The number of aliphatic hydroxyl groups is 1. The minimum absolute atomic E-state index is 0.249. The molecule has 1 aliphatic rings. The van der Waals surface area contributed by atoms with Gasteiger partial charge in [0, 0.05) is 11.9 Å². The molecule has 0 aromatic rings. The molecule has 0 aliphatic carbocycles. The van der Waals surface area contributed by atoms with Crippen LogP contribution in [0.25, 0.3) is 0 Å². The van der Waals surface area contributed by atoms with Crippen molar-refractivity contribution in [2.75, 3.05) is 18.9 Å². The molecule has 2 atom stereocenters. The van der Waals surface area contributed by atoms with E-state index in [9.17, 15) is 0 Å².